The summed E-state index contributed by atoms with van der Waals surface area (Å²) in [4.78, 5) is 0. The van der Waals surface area contributed by atoms with Gasteiger partial charge >= 0.3 is 0 Å². The normalized spacial score (nSPS) is 18.6. The first-order valence-corrected chi connectivity index (χ1v) is 5.73. The Hall–Kier alpha value is -0.560. The Balaban J connectivity index is 2.33. The first-order chi connectivity index (χ1) is 6.83. The summed E-state index contributed by atoms with van der Waals surface area (Å²) in [6.07, 6.45) is 13.6. The molecule has 1 aliphatic rings. The van der Waals surface area contributed by atoms with Gasteiger partial charge in [0.25, 0.3) is 0 Å². The van der Waals surface area contributed by atoms with Gasteiger partial charge in [-0.15, -0.1) is 6.58 Å². The molecule has 0 aromatic carbocycles. The van der Waals surface area contributed by atoms with Crippen molar-refractivity contribution in [2.45, 2.75) is 51.0 Å². The molecule has 1 aliphatic carbocycles. The molecule has 0 aromatic rings. The van der Waals surface area contributed by atoms with Crippen LogP contribution >= 0.6 is 0 Å². The van der Waals surface area contributed by atoms with Gasteiger partial charge in [-0.25, -0.2) is 0 Å². The van der Waals surface area contributed by atoms with Crippen molar-refractivity contribution < 1.29 is 4.74 Å². The fourth-order valence-electron chi connectivity index (χ4n) is 2.01. The highest BCUT2D eigenvalue weighted by Crippen LogP contribution is 2.33. The Labute approximate surface area is 87.8 Å². The number of ether oxygens (including phenoxy) is 1. The Morgan fingerprint density at radius 1 is 1.36 bits per heavy atom. The summed E-state index contributed by atoms with van der Waals surface area (Å²) < 4.78 is 5.91. The van der Waals surface area contributed by atoms with E-state index in [1.165, 1.54) is 25.7 Å². The minimum absolute atomic E-state index is 0.114. The number of hydrogen-bond donors (Lipinski definition) is 0. The van der Waals surface area contributed by atoms with Gasteiger partial charge in [-0.05, 0) is 19.3 Å². The highest BCUT2D eigenvalue weighted by Gasteiger charge is 2.30. The lowest BCUT2D eigenvalue weighted by atomic mass is 9.93. The Bertz CT molecular complexity index is 185. The fourth-order valence-corrected chi connectivity index (χ4v) is 2.01. The van der Waals surface area contributed by atoms with Gasteiger partial charge in [0.1, 0.15) is 0 Å². The molecule has 0 atom stereocenters. The van der Waals surface area contributed by atoms with Crippen LogP contribution in [0.5, 0.6) is 0 Å². The Morgan fingerprint density at radius 3 is 2.64 bits per heavy atom. The summed E-state index contributed by atoms with van der Waals surface area (Å²) >= 11 is 0. The minimum Gasteiger partial charge on any atom is -0.370 e. The van der Waals surface area contributed by atoms with Gasteiger partial charge in [-0.1, -0.05) is 44.4 Å². The van der Waals surface area contributed by atoms with Crippen molar-refractivity contribution in [3.8, 4) is 0 Å². The molecule has 0 N–H and O–H groups in total. The second kappa shape index (κ2) is 6.02. The van der Waals surface area contributed by atoms with Gasteiger partial charge < -0.3 is 4.74 Å². The van der Waals surface area contributed by atoms with Gasteiger partial charge in [0.2, 0.25) is 0 Å². The molecule has 0 radical (unpaired) electrons. The summed E-state index contributed by atoms with van der Waals surface area (Å²) in [6, 6.07) is 0. The van der Waals surface area contributed by atoms with E-state index in [9.17, 15) is 0 Å². The smallest absolute Gasteiger partial charge is 0.0755 e. The predicted octanol–water partition coefficient (Wildman–Crippen LogP) is 3.86. The minimum atomic E-state index is 0.114. The van der Waals surface area contributed by atoms with Gasteiger partial charge in [0.15, 0.2) is 0 Å². The average Bonchev–Trinajstić information content (AvgIpc) is 2.65. The molecule has 0 bridgehead atoms. The molecule has 0 aromatic heterocycles. The van der Waals surface area contributed by atoms with Crippen LogP contribution in [0.3, 0.4) is 0 Å². The summed E-state index contributed by atoms with van der Waals surface area (Å²) in [6.45, 7) is 6.63. The zero-order chi connectivity index (χ0) is 10.3. The molecule has 0 fully saturated rings. The second-order valence-corrected chi connectivity index (χ2v) is 4.12. The van der Waals surface area contributed by atoms with Crippen LogP contribution in [0.25, 0.3) is 0 Å². The molecule has 0 saturated heterocycles. The fraction of sp³-hybridized carbons (Fsp3) is 0.692. The first kappa shape index (κ1) is 11.5. The van der Waals surface area contributed by atoms with Gasteiger partial charge in [-0.2, -0.15) is 0 Å². The lowest BCUT2D eigenvalue weighted by Gasteiger charge is -2.29. The topological polar surface area (TPSA) is 9.23 Å². The van der Waals surface area contributed by atoms with Crippen molar-refractivity contribution in [2.75, 3.05) is 6.61 Å². The van der Waals surface area contributed by atoms with Gasteiger partial charge in [0.05, 0.1) is 12.2 Å². The lowest BCUT2D eigenvalue weighted by molar-refractivity contribution is -0.0290. The van der Waals surface area contributed by atoms with Crippen LogP contribution in [-0.4, -0.2) is 12.2 Å². The quantitative estimate of drug-likeness (QED) is 0.442. The van der Waals surface area contributed by atoms with Crippen LogP contribution < -0.4 is 0 Å². The standard InChI is InChI=1S/C13H22O/c1-3-5-6-9-13(14-12-4-2)10-7-8-11-13/h4,7-8H,2-3,5-6,9-12H2,1H3. The summed E-state index contributed by atoms with van der Waals surface area (Å²) in [5.74, 6) is 0. The summed E-state index contributed by atoms with van der Waals surface area (Å²) in [5.41, 5.74) is 0.114. The third-order valence-corrected chi connectivity index (χ3v) is 2.89. The number of rotatable bonds is 7. The van der Waals surface area contributed by atoms with Crippen LogP contribution in [0, 0.1) is 0 Å². The van der Waals surface area contributed by atoms with Crippen molar-refractivity contribution in [3.05, 3.63) is 24.8 Å². The van der Waals surface area contributed by atoms with Crippen molar-refractivity contribution in [1.82, 2.24) is 0 Å². The van der Waals surface area contributed by atoms with Crippen molar-refractivity contribution in [3.63, 3.8) is 0 Å². The van der Waals surface area contributed by atoms with Crippen molar-refractivity contribution >= 4 is 0 Å². The average molecular weight is 194 g/mol. The maximum Gasteiger partial charge on any atom is 0.0755 e. The van der Waals surface area contributed by atoms with Crippen LogP contribution in [0.15, 0.2) is 24.8 Å². The summed E-state index contributed by atoms with van der Waals surface area (Å²) in [5, 5.41) is 0. The van der Waals surface area contributed by atoms with E-state index in [0.717, 1.165) is 12.8 Å². The van der Waals surface area contributed by atoms with Gasteiger partial charge in [0, 0.05) is 0 Å². The molecule has 14 heavy (non-hydrogen) atoms. The van der Waals surface area contributed by atoms with E-state index < -0.39 is 0 Å². The number of hydrogen-bond acceptors (Lipinski definition) is 1. The first-order valence-electron chi connectivity index (χ1n) is 5.73. The molecule has 0 saturated carbocycles. The molecule has 0 amide bonds. The van der Waals surface area contributed by atoms with Crippen LogP contribution in [0.1, 0.15) is 45.4 Å². The third kappa shape index (κ3) is 3.30. The molecule has 1 nitrogen and oxygen atoms in total. The SMILES string of the molecule is C=CCOC1(CCCCC)CC=CC1. The van der Waals surface area contributed by atoms with Crippen LogP contribution in [0.2, 0.25) is 0 Å². The van der Waals surface area contributed by atoms with E-state index in [4.69, 9.17) is 4.74 Å². The molecule has 0 spiro atoms. The molecular weight excluding hydrogens is 172 g/mol. The van der Waals surface area contributed by atoms with Crippen LogP contribution in [0.4, 0.5) is 0 Å². The lowest BCUT2D eigenvalue weighted by Crippen LogP contribution is -2.29. The predicted molar refractivity (Wildman–Crippen MR) is 61.4 cm³/mol. The zero-order valence-corrected chi connectivity index (χ0v) is 9.30. The largest absolute Gasteiger partial charge is 0.370 e. The molecular formula is C13H22O. The third-order valence-electron chi connectivity index (χ3n) is 2.89. The van der Waals surface area contributed by atoms with Crippen LogP contribution in [-0.2, 0) is 4.74 Å². The van der Waals surface area contributed by atoms with E-state index in [2.05, 4.69) is 25.7 Å². The van der Waals surface area contributed by atoms with Gasteiger partial charge in [-0.3, -0.25) is 0 Å². The summed E-state index contributed by atoms with van der Waals surface area (Å²) in [7, 11) is 0. The molecule has 80 valence electrons. The molecule has 0 aliphatic heterocycles. The molecule has 0 heterocycles. The maximum absolute atomic E-state index is 5.91. The molecule has 1 rings (SSSR count). The van der Waals surface area contributed by atoms with E-state index in [-0.39, 0.29) is 5.60 Å². The molecule has 1 heteroatoms. The number of unbranched alkanes of at least 4 members (excludes halogenated alkanes) is 2. The van der Waals surface area contributed by atoms with E-state index in [1.54, 1.807) is 0 Å². The Kier molecular flexibility index (Phi) is 4.95. The monoisotopic (exact) mass is 194 g/mol. The molecule has 0 unspecified atom stereocenters. The zero-order valence-electron chi connectivity index (χ0n) is 9.30. The second-order valence-electron chi connectivity index (χ2n) is 4.12. The van der Waals surface area contributed by atoms with Crippen molar-refractivity contribution in [2.24, 2.45) is 0 Å². The highest BCUT2D eigenvalue weighted by atomic mass is 16.5. The van der Waals surface area contributed by atoms with E-state index in [1.807, 2.05) is 6.08 Å². The maximum atomic E-state index is 5.91. The van der Waals surface area contributed by atoms with Crippen molar-refractivity contribution in [1.29, 1.82) is 0 Å². The van der Waals surface area contributed by atoms with E-state index >= 15 is 0 Å². The highest BCUT2D eigenvalue weighted by molar-refractivity contribution is 5.05. The van der Waals surface area contributed by atoms with E-state index in [0.29, 0.717) is 6.61 Å². The Morgan fingerprint density at radius 2 is 2.07 bits per heavy atom.